The van der Waals surface area contributed by atoms with Crippen molar-refractivity contribution >= 4 is 22.9 Å². The van der Waals surface area contributed by atoms with Crippen LogP contribution in [0.2, 0.25) is 0 Å². The molecule has 0 amide bonds. The summed E-state index contributed by atoms with van der Waals surface area (Å²) in [5.74, 6) is 1.15. The smallest absolute Gasteiger partial charge is 0.387 e. The van der Waals surface area contributed by atoms with Gasteiger partial charge < -0.3 is 20.1 Å². The molecular formula is C15H22BrF2N3O2. The number of rotatable bonds is 6. The van der Waals surface area contributed by atoms with Crippen LogP contribution >= 0.6 is 17.0 Å². The fourth-order valence-electron chi connectivity index (χ4n) is 2.20. The predicted molar refractivity (Wildman–Crippen MR) is 91.2 cm³/mol. The van der Waals surface area contributed by atoms with E-state index in [-0.39, 0.29) is 22.7 Å². The second-order valence-electron chi connectivity index (χ2n) is 4.90. The zero-order valence-corrected chi connectivity index (χ0v) is 14.7. The van der Waals surface area contributed by atoms with Gasteiger partial charge >= 0.3 is 6.61 Å². The van der Waals surface area contributed by atoms with Crippen LogP contribution in [-0.2, 0) is 6.42 Å². The van der Waals surface area contributed by atoms with Gasteiger partial charge in [-0.05, 0) is 37.0 Å². The van der Waals surface area contributed by atoms with E-state index in [9.17, 15) is 8.78 Å². The maximum atomic E-state index is 12.4. The van der Waals surface area contributed by atoms with E-state index in [0.717, 1.165) is 37.5 Å². The summed E-state index contributed by atoms with van der Waals surface area (Å²) >= 11 is 0. The van der Waals surface area contributed by atoms with Gasteiger partial charge in [-0.3, -0.25) is 4.99 Å². The summed E-state index contributed by atoms with van der Waals surface area (Å²) < 4.78 is 34.3. The van der Waals surface area contributed by atoms with Gasteiger partial charge in [0.1, 0.15) is 0 Å². The van der Waals surface area contributed by atoms with Gasteiger partial charge in [0, 0.05) is 19.6 Å². The van der Waals surface area contributed by atoms with E-state index < -0.39 is 6.61 Å². The van der Waals surface area contributed by atoms with Crippen LogP contribution in [0.3, 0.4) is 0 Å². The summed E-state index contributed by atoms with van der Waals surface area (Å²) in [4.78, 5) is 4.39. The Hall–Kier alpha value is -1.57. The summed E-state index contributed by atoms with van der Waals surface area (Å²) in [6.07, 6.45) is 2.87. The number of guanidine groups is 1. The molecule has 0 bridgehead atoms. The molecule has 0 atom stereocenters. The lowest BCUT2D eigenvalue weighted by atomic mass is 10.1. The van der Waals surface area contributed by atoms with Crippen LogP contribution < -0.4 is 20.1 Å². The van der Waals surface area contributed by atoms with Crippen LogP contribution in [0.1, 0.15) is 18.4 Å². The Kier molecular flexibility index (Phi) is 8.68. The monoisotopic (exact) mass is 393 g/mol. The average molecular weight is 394 g/mol. The van der Waals surface area contributed by atoms with Crippen molar-refractivity contribution in [3.63, 3.8) is 0 Å². The summed E-state index contributed by atoms with van der Waals surface area (Å²) in [6, 6.07) is 5.05. The van der Waals surface area contributed by atoms with E-state index >= 15 is 0 Å². The second-order valence-corrected chi connectivity index (χ2v) is 4.90. The number of alkyl halides is 2. The molecule has 1 aliphatic heterocycles. The molecule has 0 unspecified atom stereocenters. The lowest BCUT2D eigenvalue weighted by Gasteiger charge is -2.13. The highest BCUT2D eigenvalue weighted by atomic mass is 79.9. The van der Waals surface area contributed by atoms with Crippen molar-refractivity contribution in [2.45, 2.75) is 25.9 Å². The van der Waals surface area contributed by atoms with Crippen LogP contribution in [0.25, 0.3) is 0 Å². The normalized spacial score (nSPS) is 14.2. The molecule has 8 heteroatoms. The molecule has 0 spiro atoms. The summed E-state index contributed by atoms with van der Waals surface area (Å²) in [5, 5.41) is 6.44. The van der Waals surface area contributed by atoms with Crippen molar-refractivity contribution in [3.8, 4) is 11.5 Å². The fraction of sp³-hybridized carbons (Fsp3) is 0.533. The molecule has 1 aromatic carbocycles. The van der Waals surface area contributed by atoms with Gasteiger partial charge in [0.2, 0.25) is 0 Å². The molecule has 23 heavy (non-hydrogen) atoms. The molecule has 0 radical (unpaired) electrons. The van der Waals surface area contributed by atoms with Gasteiger partial charge in [-0.25, -0.2) is 0 Å². The largest absolute Gasteiger partial charge is 0.493 e. The summed E-state index contributed by atoms with van der Waals surface area (Å²) in [7, 11) is 1.42. The number of nitrogens with one attached hydrogen (secondary N) is 2. The van der Waals surface area contributed by atoms with E-state index in [0.29, 0.717) is 18.7 Å². The molecule has 0 aromatic heterocycles. The predicted octanol–water partition coefficient (Wildman–Crippen LogP) is 2.75. The van der Waals surface area contributed by atoms with Crippen molar-refractivity contribution in [3.05, 3.63) is 23.8 Å². The van der Waals surface area contributed by atoms with Crippen LogP contribution in [0.5, 0.6) is 11.5 Å². The molecule has 130 valence electrons. The SMILES string of the molecule is Br.COc1ccc(CCNC2=NCCCCN2)cc1OC(F)F. The van der Waals surface area contributed by atoms with Crippen LogP contribution in [0.4, 0.5) is 8.78 Å². The van der Waals surface area contributed by atoms with E-state index in [2.05, 4.69) is 20.4 Å². The average Bonchev–Trinajstić information content (AvgIpc) is 2.76. The first-order valence-corrected chi connectivity index (χ1v) is 7.33. The van der Waals surface area contributed by atoms with Crippen molar-refractivity contribution < 1.29 is 18.3 Å². The van der Waals surface area contributed by atoms with Gasteiger partial charge in [-0.2, -0.15) is 8.78 Å². The van der Waals surface area contributed by atoms with E-state index in [1.807, 2.05) is 6.07 Å². The topological polar surface area (TPSA) is 54.9 Å². The highest BCUT2D eigenvalue weighted by molar-refractivity contribution is 8.93. The van der Waals surface area contributed by atoms with Gasteiger partial charge in [0.05, 0.1) is 7.11 Å². The molecule has 2 N–H and O–H groups in total. The third-order valence-electron chi connectivity index (χ3n) is 3.30. The van der Waals surface area contributed by atoms with Crippen LogP contribution in [0, 0.1) is 0 Å². The Morgan fingerprint density at radius 2 is 2.13 bits per heavy atom. The lowest BCUT2D eigenvalue weighted by Crippen LogP contribution is -2.38. The Labute approximate surface area is 145 Å². The molecule has 1 heterocycles. The van der Waals surface area contributed by atoms with E-state index in [1.54, 1.807) is 12.1 Å². The first-order valence-electron chi connectivity index (χ1n) is 7.33. The van der Waals surface area contributed by atoms with Crippen molar-refractivity contribution in [2.24, 2.45) is 4.99 Å². The number of aliphatic imine (C=N–C) groups is 1. The standard InChI is InChI=1S/C15H21F2N3O2.BrH/c1-21-12-5-4-11(10-13(12)22-14(16)17)6-9-20-15-18-7-2-3-8-19-15;/h4-5,10,14H,2-3,6-9H2,1H3,(H2,18,19,20);1H. The van der Waals surface area contributed by atoms with Gasteiger partial charge in [-0.1, -0.05) is 6.07 Å². The zero-order valence-electron chi connectivity index (χ0n) is 13.0. The maximum Gasteiger partial charge on any atom is 0.387 e. The Balaban J connectivity index is 0.00000264. The Morgan fingerprint density at radius 1 is 1.30 bits per heavy atom. The van der Waals surface area contributed by atoms with Gasteiger partial charge in [-0.15, -0.1) is 17.0 Å². The Bertz CT molecular complexity index is 515. The number of halogens is 3. The van der Waals surface area contributed by atoms with Crippen molar-refractivity contribution in [2.75, 3.05) is 26.7 Å². The minimum Gasteiger partial charge on any atom is -0.493 e. The molecule has 0 fully saturated rings. The quantitative estimate of drug-likeness (QED) is 0.779. The van der Waals surface area contributed by atoms with Crippen LogP contribution in [0.15, 0.2) is 23.2 Å². The minimum atomic E-state index is -2.87. The van der Waals surface area contributed by atoms with Gasteiger partial charge in [0.15, 0.2) is 17.5 Å². The first-order chi connectivity index (χ1) is 10.7. The molecule has 2 rings (SSSR count). The molecule has 0 aliphatic carbocycles. The highest BCUT2D eigenvalue weighted by Gasteiger charge is 2.11. The second kappa shape index (κ2) is 10.3. The minimum absolute atomic E-state index is 0. The summed E-state index contributed by atoms with van der Waals surface area (Å²) in [5.41, 5.74) is 0.887. The fourth-order valence-corrected chi connectivity index (χ4v) is 2.20. The molecular weight excluding hydrogens is 372 g/mol. The van der Waals surface area contributed by atoms with Crippen molar-refractivity contribution in [1.29, 1.82) is 0 Å². The molecule has 5 nitrogen and oxygen atoms in total. The Morgan fingerprint density at radius 3 is 2.87 bits per heavy atom. The third kappa shape index (κ3) is 6.60. The first kappa shape index (κ1) is 19.5. The van der Waals surface area contributed by atoms with Crippen LogP contribution in [-0.4, -0.2) is 39.3 Å². The zero-order chi connectivity index (χ0) is 15.8. The van der Waals surface area contributed by atoms with E-state index in [1.165, 1.54) is 7.11 Å². The van der Waals surface area contributed by atoms with Gasteiger partial charge in [0.25, 0.3) is 0 Å². The number of ether oxygens (including phenoxy) is 2. The molecule has 0 saturated carbocycles. The third-order valence-corrected chi connectivity index (χ3v) is 3.30. The number of hydrogen-bond acceptors (Lipinski definition) is 5. The number of nitrogens with zero attached hydrogens (tertiary/aromatic N) is 1. The number of hydrogen-bond donors (Lipinski definition) is 2. The maximum absolute atomic E-state index is 12.4. The molecule has 1 aliphatic rings. The number of benzene rings is 1. The lowest BCUT2D eigenvalue weighted by molar-refractivity contribution is -0.0512. The van der Waals surface area contributed by atoms with Crippen molar-refractivity contribution in [1.82, 2.24) is 10.6 Å². The molecule has 1 aromatic rings. The van der Waals surface area contributed by atoms with E-state index in [4.69, 9.17) is 4.74 Å². The highest BCUT2D eigenvalue weighted by Crippen LogP contribution is 2.29. The number of methoxy groups -OCH3 is 1. The summed E-state index contributed by atoms with van der Waals surface area (Å²) in [6.45, 7) is -0.469. The molecule has 0 saturated heterocycles.